The van der Waals surface area contributed by atoms with Crippen LogP contribution in [-0.4, -0.2) is 37.8 Å². The van der Waals surface area contributed by atoms with E-state index in [2.05, 4.69) is 4.99 Å². The zero-order chi connectivity index (χ0) is 18.3. The van der Waals surface area contributed by atoms with E-state index < -0.39 is 24.2 Å². The zero-order valence-corrected chi connectivity index (χ0v) is 13.8. The Hall–Kier alpha value is -2.90. The molecule has 0 heterocycles. The summed E-state index contributed by atoms with van der Waals surface area (Å²) in [4.78, 5) is 27.9. The van der Waals surface area contributed by atoms with Crippen LogP contribution in [-0.2, 0) is 9.53 Å². The summed E-state index contributed by atoms with van der Waals surface area (Å²) >= 11 is 0. The summed E-state index contributed by atoms with van der Waals surface area (Å²) in [5.41, 5.74) is 11.0. The van der Waals surface area contributed by atoms with Gasteiger partial charge in [-0.3, -0.25) is 9.79 Å². The Labute approximate surface area is 139 Å². The van der Waals surface area contributed by atoms with Crippen LogP contribution in [0, 0.1) is 5.82 Å². The lowest BCUT2D eigenvalue weighted by Crippen LogP contribution is -2.28. The smallest absolute Gasteiger partial charge is 0.344 e. The first-order valence-corrected chi connectivity index (χ1v) is 7.12. The number of aliphatic imine (C=N–C) groups is 1. The van der Waals surface area contributed by atoms with E-state index >= 15 is 0 Å². The molecule has 24 heavy (non-hydrogen) atoms. The normalized spacial score (nSPS) is 12.4. The van der Waals surface area contributed by atoms with Crippen molar-refractivity contribution in [2.24, 2.45) is 16.5 Å². The van der Waals surface area contributed by atoms with Crippen LogP contribution >= 0.6 is 0 Å². The molecule has 0 fully saturated rings. The van der Waals surface area contributed by atoms with Gasteiger partial charge in [-0.2, -0.15) is 0 Å². The number of ketones is 1. The number of halogens is 1. The number of nitrogens with zero attached hydrogens (tertiary/aromatic N) is 1. The molecule has 0 spiro atoms. The molecule has 0 aromatic heterocycles. The first kappa shape index (κ1) is 19.1. The van der Waals surface area contributed by atoms with E-state index in [1.54, 1.807) is 6.92 Å². The van der Waals surface area contributed by atoms with E-state index in [0.717, 1.165) is 6.07 Å². The fourth-order valence-electron chi connectivity index (χ4n) is 1.85. The first-order chi connectivity index (χ1) is 11.3. The van der Waals surface area contributed by atoms with Crippen LogP contribution in [0.15, 0.2) is 34.5 Å². The summed E-state index contributed by atoms with van der Waals surface area (Å²) in [5.74, 6) is -2.18. The molecule has 0 aliphatic heterocycles. The van der Waals surface area contributed by atoms with Gasteiger partial charge in [0.1, 0.15) is 23.0 Å². The molecule has 1 aromatic rings. The van der Waals surface area contributed by atoms with Crippen molar-refractivity contribution in [1.29, 1.82) is 0 Å². The number of carbonyl (C=O) groups is 2. The number of esters is 1. The van der Waals surface area contributed by atoms with E-state index in [9.17, 15) is 14.0 Å². The van der Waals surface area contributed by atoms with Crippen molar-refractivity contribution in [2.45, 2.75) is 13.8 Å². The van der Waals surface area contributed by atoms with Crippen LogP contribution in [0.4, 0.5) is 4.39 Å². The largest absolute Gasteiger partial charge is 0.497 e. The van der Waals surface area contributed by atoms with Crippen LogP contribution in [0.25, 0.3) is 0 Å². The number of Topliss-reactive ketones (excluding diaryl/α,β-unsaturated/α-hetero) is 1. The van der Waals surface area contributed by atoms with Crippen molar-refractivity contribution in [3.05, 3.63) is 40.8 Å². The molecule has 8 heteroatoms. The average Bonchev–Trinajstić information content (AvgIpc) is 2.52. The molecule has 1 rings (SSSR count). The van der Waals surface area contributed by atoms with Crippen LogP contribution in [0.1, 0.15) is 24.2 Å². The maximum absolute atomic E-state index is 13.8. The van der Waals surface area contributed by atoms with Gasteiger partial charge in [0.05, 0.1) is 12.7 Å². The highest BCUT2D eigenvalue weighted by Gasteiger charge is 2.20. The van der Waals surface area contributed by atoms with Gasteiger partial charge in [0, 0.05) is 18.3 Å². The standard InChI is InChI=1S/C16H20FN3O4/c1-4-20-15(19)14(9(2)18)16(22)24-8-13(21)11-6-5-10(23-3)7-12(11)17/h5-7H,4,8,18H2,1-3H3,(H2,19,20). The van der Waals surface area contributed by atoms with Crippen LogP contribution in [0.2, 0.25) is 0 Å². The highest BCUT2D eigenvalue weighted by Crippen LogP contribution is 2.17. The number of amidine groups is 1. The number of nitrogens with two attached hydrogens (primary N) is 2. The van der Waals surface area contributed by atoms with Crippen molar-refractivity contribution < 1.29 is 23.5 Å². The molecule has 1 aromatic carbocycles. The first-order valence-electron chi connectivity index (χ1n) is 7.12. The highest BCUT2D eigenvalue weighted by molar-refractivity contribution is 6.19. The molecule has 0 atom stereocenters. The number of benzene rings is 1. The Morgan fingerprint density at radius 3 is 2.46 bits per heavy atom. The Morgan fingerprint density at radius 2 is 1.96 bits per heavy atom. The lowest BCUT2D eigenvalue weighted by atomic mass is 10.1. The number of rotatable bonds is 7. The lowest BCUT2D eigenvalue weighted by molar-refractivity contribution is -0.137. The number of hydrogen-bond donors (Lipinski definition) is 2. The third-order valence-corrected chi connectivity index (χ3v) is 2.99. The van der Waals surface area contributed by atoms with E-state index in [1.807, 2.05) is 0 Å². The summed E-state index contributed by atoms with van der Waals surface area (Å²) in [6, 6.07) is 3.75. The van der Waals surface area contributed by atoms with Gasteiger partial charge in [0.25, 0.3) is 0 Å². The van der Waals surface area contributed by atoms with Gasteiger partial charge in [-0.15, -0.1) is 0 Å². The molecule has 0 saturated heterocycles. The molecule has 0 amide bonds. The molecule has 4 N–H and O–H groups in total. The van der Waals surface area contributed by atoms with Crippen LogP contribution in [0.3, 0.4) is 0 Å². The summed E-state index contributed by atoms with van der Waals surface area (Å²) in [6.45, 7) is 2.89. The van der Waals surface area contributed by atoms with E-state index in [1.165, 1.54) is 26.2 Å². The molecule has 0 aliphatic rings. The van der Waals surface area contributed by atoms with Gasteiger partial charge < -0.3 is 20.9 Å². The van der Waals surface area contributed by atoms with Gasteiger partial charge >= 0.3 is 5.97 Å². The summed E-state index contributed by atoms with van der Waals surface area (Å²) in [5, 5.41) is 0. The second-order valence-electron chi connectivity index (χ2n) is 4.76. The third-order valence-electron chi connectivity index (χ3n) is 2.99. The van der Waals surface area contributed by atoms with E-state index in [4.69, 9.17) is 20.9 Å². The predicted molar refractivity (Wildman–Crippen MR) is 87.3 cm³/mol. The number of allylic oxidation sites excluding steroid dienone is 1. The van der Waals surface area contributed by atoms with Gasteiger partial charge in [0.2, 0.25) is 5.78 Å². The summed E-state index contributed by atoms with van der Waals surface area (Å²) in [7, 11) is 1.38. The predicted octanol–water partition coefficient (Wildman–Crippen LogP) is 1.17. The topological polar surface area (TPSA) is 117 Å². The molecular formula is C16H20FN3O4. The summed E-state index contributed by atoms with van der Waals surface area (Å²) in [6.07, 6.45) is 0. The van der Waals surface area contributed by atoms with Gasteiger partial charge in [-0.05, 0) is 26.0 Å². The maximum atomic E-state index is 13.8. The Morgan fingerprint density at radius 1 is 1.29 bits per heavy atom. The molecule has 0 unspecified atom stereocenters. The second kappa shape index (κ2) is 8.66. The minimum Gasteiger partial charge on any atom is -0.497 e. The Balaban J connectivity index is 2.85. The summed E-state index contributed by atoms with van der Waals surface area (Å²) < 4.78 is 23.5. The molecule has 7 nitrogen and oxygen atoms in total. The van der Waals surface area contributed by atoms with Crippen molar-refractivity contribution in [1.82, 2.24) is 0 Å². The monoisotopic (exact) mass is 337 g/mol. The number of ether oxygens (including phenoxy) is 2. The van der Waals surface area contributed by atoms with Crippen molar-refractivity contribution >= 4 is 17.6 Å². The van der Waals surface area contributed by atoms with Crippen molar-refractivity contribution in [3.63, 3.8) is 0 Å². The van der Waals surface area contributed by atoms with Crippen molar-refractivity contribution in [3.8, 4) is 5.75 Å². The minimum atomic E-state index is -0.896. The number of methoxy groups -OCH3 is 1. The minimum absolute atomic E-state index is 0.0782. The lowest BCUT2D eigenvalue weighted by Gasteiger charge is -2.10. The van der Waals surface area contributed by atoms with Gasteiger partial charge in [-0.1, -0.05) is 0 Å². The third kappa shape index (κ3) is 4.80. The molecule has 0 aliphatic carbocycles. The Kier molecular flexibility index (Phi) is 6.91. The quantitative estimate of drug-likeness (QED) is 0.254. The maximum Gasteiger partial charge on any atom is 0.344 e. The second-order valence-corrected chi connectivity index (χ2v) is 4.76. The van der Waals surface area contributed by atoms with E-state index in [0.29, 0.717) is 6.54 Å². The fourth-order valence-corrected chi connectivity index (χ4v) is 1.85. The number of carbonyl (C=O) groups excluding carboxylic acids is 2. The van der Waals surface area contributed by atoms with Crippen LogP contribution in [0.5, 0.6) is 5.75 Å². The van der Waals surface area contributed by atoms with Gasteiger partial charge in [0.15, 0.2) is 6.61 Å². The van der Waals surface area contributed by atoms with Crippen LogP contribution < -0.4 is 16.2 Å². The molecule has 0 bridgehead atoms. The highest BCUT2D eigenvalue weighted by atomic mass is 19.1. The molecule has 0 radical (unpaired) electrons. The van der Waals surface area contributed by atoms with E-state index in [-0.39, 0.29) is 28.4 Å². The fraction of sp³-hybridized carbons (Fsp3) is 0.312. The molecule has 130 valence electrons. The van der Waals surface area contributed by atoms with Crippen molar-refractivity contribution in [2.75, 3.05) is 20.3 Å². The SMILES string of the molecule is CCN=C(N)C(C(=O)OCC(=O)c1ccc(OC)cc1F)=C(C)N. The van der Waals surface area contributed by atoms with Gasteiger partial charge in [-0.25, -0.2) is 9.18 Å². The zero-order valence-electron chi connectivity index (χ0n) is 13.8. The average molecular weight is 337 g/mol. The Bertz CT molecular complexity index is 695. The molecule has 0 saturated carbocycles. The number of hydrogen-bond acceptors (Lipinski definition) is 6. The molecular weight excluding hydrogens is 317 g/mol.